The minimum atomic E-state index is -4.92. The summed E-state index contributed by atoms with van der Waals surface area (Å²) in [4.78, 5) is 1.70. The van der Waals surface area contributed by atoms with Crippen molar-refractivity contribution in [1.29, 1.82) is 0 Å². The highest BCUT2D eigenvalue weighted by Crippen LogP contribution is 2.38. The van der Waals surface area contributed by atoms with Gasteiger partial charge in [-0.2, -0.15) is 26.3 Å². The molecule has 1 aliphatic heterocycles. The molecule has 0 radical (unpaired) electrons. The highest BCUT2D eigenvalue weighted by molar-refractivity contribution is 6.42. The molecule has 1 fully saturated rings. The third-order valence-electron chi connectivity index (χ3n) is 5.26. The van der Waals surface area contributed by atoms with Crippen molar-refractivity contribution < 1.29 is 36.2 Å². The second-order valence-corrected chi connectivity index (χ2v) is 8.39. The Morgan fingerprint density at radius 2 is 1.61 bits per heavy atom. The van der Waals surface area contributed by atoms with Crippen LogP contribution in [0.2, 0.25) is 10.0 Å². The van der Waals surface area contributed by atoms with E-state index in [2.05, 4.69) is 0 Å². The Morgan fingerprint density at radius 3 is 2.15 bits per heavy atom. The summed E-state index contributed by atoms with van der Waals surface area (Å²) in [6.07, 6.45) is -7.05. The van der Waals surface area contributed by atoms with Gasteiger partial charge in [0.05, 0.1) is 34.3 Å². The molecule has 1 N–H and O–H groups in total. The van der Waals surface area contributed by atoms with Crippen molar-refractivity contribution in [2.45, 2.75) is 24.4 Å². The molecule has 180 valence electrons. The Balaban J connectivity index is 1.91. The van der Waals surface area contributed by atoms with Gasteiger partial charge in [0.1, 0.15) is 5.60 Å². The summed E-state index contributed by atoms with van der Waals surface area (Å²) < 4.78 is 84.6. The van der Waals surface area contributed by atoms with Gasteiger partial charge in [0.2, 0.25) is 0 Å². The van der Waals surface area contributed by atoms with Crippen LogP contribution in [0.5, 0.6) is 0 Å². The van der Waals surface area contributed by atoms with Crippen LogP contribution in [0.1, 0.15) is 28.7 Å². The minimum Gasteiger partial charge on any atom is -0.396 e. The van der Waals surface area contributed by atoms with Crippen LogP contribution < -0.4 is 0 Å². The molecule has 0 amide bonds. The highest BCUT2D eigenvalue weighted by Gasteiger charge is 2.38. The van der Waals surface area contributed by atoms with Crippen LogP contribution in [0.15, 0.2) is 42.6 Å². The van der Waals surface area contributed by atoms with Gasteiger partial charge in [0, 0.05) is 19.6 Å². The predicted molar refractivity (Wildman–Crippen MR) is 113 cm³/mol. The third-order valence-corrected chi connectivity index (χ3v) is 6.00. The number of aliphatic hydroxyl groups is 1. The van der Waals surface area contributed by atoms with Crippen molar-refractivity contribution in [2.24, 2.45) is 0 Å². The summed E-state index contributed by atoms with van der Waals surface area (Å²) >= 11 is 12.1. The maximum Gasteiger partial charge on any atom is 0.416 e. The van der Waals surface area contributed by atoms with Crippen molar-refractivity contribution in [1.82, 2.24) is 4.90 Å². The van der Waals surface area contributed by atoms with Crippen LogP contribution in [0.4, 0.5) is 26.3 Å². The average molecular weight is 514 g/mol. The summed E-state index contributed by atoms with van der Waals surface area (Å²) in [6, 6.07) is 6.29. The topological polar surface area (TPSA) is 32.7 Å². The van der Waals surface area contributed by atoms with E-state index in [-0.39, 0.29) is 42.8 Å². The van der Waals surface area contributed by atoms with Crippen LogP contribution >= 0.6 is 23.2 Å². The first-order valence-electron chi connectivity index (χ1n) is 9.76. The van der Waals surface area contributed by atoms with Gasteiger partial charge in [-0.3, -0.25) is 0 Å². The van der Waals surface area contributed by atoms with Gasteiger partial charge < -0.3 is 14.7 Å². The molecule has 3 rings (SSSR count). The maximum atomic E-state index is 13.1. The zero-order valence-corrected chi connectivity index (χ0v) is 18.5. The molecule has 0 bridgehead atoms. The fourth-order valence-corrected chi connectivity index (χ4v) is 3.93. The molecular formula is C22H19Cl2F6NO2. The Bertz CT molecular complexity index is 989. The minimum absolute atomic E-state index is 0.0859. The van der Waals surface area contributed by atoms with Crippen molar-refractivity contribution >= 4 is 29.3 Å². The number of aliphatic hydroxyl groups excluding tert-OH is 1. The lowest BCUT2D eigenvalue weighted by atomic mass is 9.88. The number of halogens is 8. The molecule has 11 heteroatoms. The number of morpholine rings is 1. The Kier molecular flexibility index (Phi) is 7.58. The zero-order valence-electron chi connectivity index (χ0n) is 17.0. The average Bonchev–Trinajstić information content (AvgIpc) is 2.73. The lowest BCUT2D eigenvalue weighted by Crippen LogP contribution is -2.48. The number of hydrogen-bond donors (Lipinski definition) is 1. The quantitative estimate of drug-likeness (QED) is 0.456. The van der Waals surface area contributed by atoms with E-state index in [0.29, 0.717) is 29.3 Å². The van der Waals surface area contributed by atoms with Crippen LogP contribution in [0, 0.1) is 0 Å². The first-order valence-corrected chi connectivity index (χ1v) is 10.5. The fourth-order valence-electron chi connectivity index (χ4n) is 3.64. The van der Waals surface area contributed by atoms with E-state index < -0.39 is 29.1 Å². The van der Waals surface area contributed by atoms with Gasteiger partial charge in [-0.25, -0.2) is 0 Å². The van der Waals surface area contributed by atoms with Gasteiger partial charge >= 0.3 is 12.4 Å². The standard InChI is InChI=1S/C22H19Cl2F6NO2/c23-18-2-1-15(12-19(18)24)20(4-7-32)13-31(6-8-33-20)5-3-14-9-16(21(25,26)27)11-17(10-14)22(28,29)30/h1-3,5,9-12,32H,4,6-8,13H2. The second-order valence-electron chi connectivity index (χ2n) is 7.57. The third kappa shape index (κ3) is 6.15. The first-order chi connectivity index (χ1) is 15.3. The molecule has 33 heavy (non-hydrogen) atoms. The molecule has 1 aliphatic rings. The van der Waals surface area contributed by atoms with Crippen molar-refractivity contribution in [3.05, 3.63) is 74.9 Å². The molecule has 1 saturated heterocycles. The molecule has 0 spiro atoms. The SMILES string of the molecule is OCCC1(c2ccc(Cl)c(Cl)c2)CN(C=Cc2cc(C(F)(F)F)cc(C(F)(F)F)c2)CCO1. The Morgan fingerprint density at radius 1 is 0.970 bits per heavy atom. The number of alkyl halides is 6. The molecule has 2 aromatic rings. The van der Waals surface area contributed by atoms with E-state index in [1.54, 1.807) is 23.1 Å². The molecule has 1 unspecified atom stereocenters. The van der Waals surface area contributed by atoms with Gasteiger partial charge in [-0.1, -0.05) is 29.3 Å². The highest BCUT2D eigenvalue weighted by atomic mass is 35.5. The number of benzene rings is 2. The monoisotopic (exact) mass is 513 g/mol. The van der Waals surface area contributed by atoms with Gasteiger partial charge in [0.15, 0.2) is 0 Å². The largest absolute Gasteiger partial charge is 0.416 e. The summed E-state index contributed by atoms with van der Waals surface area (Å²) in [7, 11) is 0. The molecule has 0 aromatic heterocycles. The predicted octanol–water partition coefficient (Wildman–Crippen LogP) is 6.61. The number of hydrogen-bond acceptors (Lipinski definition) is 3. The smallest absolute Gasteiger partial charge is 0.396 e. The normalized spacial score (nSPS) is 20.0. The summed E-state index contributed by atoms with van der Waals surface area (Å²) in [5, 5.41) is 10.2. The van der Waals surface area contributed by atoms with Crippen molar-refractivity contribution in [3.63, 3.8) is 0 Å². The fraction of sp³-hybridized carbons (Fsp3) is 0.364. The first kappa shape index (κ1) is 25.7. The Hall–Kier alpha value is -1.94. The van der Waals surface area contributed by atoms with E-state index in [9.17, 15) is 31.4 Å². The summed E-state index contributed by atoms with van der Waals surface area (Å²) in [5.74, 6) is 0. The zero-order chi connectivity index (χ0) is 24.4. The number of rotatable bonds is 5. The molecule has 1 heterocycles. The molecule has 2 aromatic carbocycles. The molecular weight excluding hydrogens is 495 g/mol. The van der Waals surface area contributed by atoms with Crippen LogP contribution in [0.3, 0.4) is 0 Å². The maximum absolute atomic E-state index is 13.1. The van der Waals surface area contributed by atoms with E-state index in [1.165, 1.54) is 12.3 Å². The summed E-state index contributed by atoms with van der Waals surface area (Å²) in [5.41, 5.74) is -3.36. The van der Waals surface area contributed by atoms with Gasteiger partial charge in [0.25, 0.3) is 0 Å². The van der Waals surface area contributed by atoms with E-state index >= 15 is 0 Å². The Labute approximate surface area is 196 Å². The molecule has 3 nitrogen and oxygen atoms in total. The number of ether oxygens (including phenoxy) is 1. The van der Waals surface area contributed by atoms with Crippen molar-refractivity contribution in [3.8, 4) is 0 Å². The molecule has 1 atom stereocenters. The molecule has 0 saturated carbocycles. The van der Waals surface area contributed by atoms with E-state index in [0.717, 1.165) is 0 Å². The van der Waals surface area contributed by atoms with E-state index in [1.807, 2.05) is 0 Å². The summed E-state index contributed by atoms with van der Waals surface area (Å²) in [6.45, 7) is 0.518. The lowest BCUT2D eigenvalue weighted by Gasteiger charge is -2.43. The van der Waals surface area contributed by atoms with E-state index in [4.69, 9.17) is 27.9 Å². The molecule has 0 aliphatic carbocycles. The lowest BCUT2D eigenvalue weighted by molar-refractivity contribution is -0.143. The van der Waals surface area contributed by atoms with Crippen LogP contribution in [-0.4, -0.2) is 36.3 Å². The second kappa shape index (κ2) is 9.74. The van der Waals surface area contributed by atoms with Crippen molar-refractivity contribution in [2.75, 3.05) is 26.3 Å². The van der Waals surface area contributed by atoms with Gasteiger partial charge in [-0.05, 0) is 53.7 Å². The number of nitrogens with zero attached hydrogens (tertiary/aromatic N) is 1. The van der Waals surface area contributed by atoms with Crippen LogP contribution in [-0.2, 0) is 22.7 Å². The van der Waals surface area contributed by atoms with Crippen LogP contribution in [0.25, 0.3) is 6.08 Å². The van der Waals surface area contributed by atoms with Gasteiger partial charge in [-0.15, -0.1) is 0 Å².